The largest absolute Gasteiger partial charge is 0.456 e. The van der Waals surface area contributed by atoms with Crippen molar-refractivity contribution in [1.29, 1.82) is 0 Å². The number of rotatable bonds is 6. The summed E-state index contributed by atoms with van der Waals surface area (Å²) in [6.45, 7) is 4.72. The molecule has 0 radical (unpaired) electrons. The highest BCUT2D eigenvalue weighted by molar-refractivity contribution is 6.06. The van der Waals surface area contributed by atoms with Crippen LogP contribution in [0.1, 0.15) is 25.0 Å². The summed E-state index contributed by atoms with van der Waals surface area (Å²) in [7, 11) is 0. The van der Waals surface area contributed by atoms with Gasteiger partial charge in [-0.15, -0.1) is 0 Å². The predicted octanol–water partition coefficient (Wildman–Crippen LogP) is 15.5. The standard InChI is InChI=1S/C55H39NO/c1-55(2)51-22-7-5-17-47(51)49-21-11-20-46(54(49)55)38-26-31-42(32-27-38)56(43-15-9-14-40(34-43)45-19-10-13-37-12-3-4-16-44(37)45)41-29-24-36(25-30-41)39-28-33-53-50(35-39)48-18-6-8-23-52(48)57-53/h3-35H,1-2H3. The third kappa shape index (κ3) is 5.40. The number of fused-ring (bicyclic) bond motifs is 7. The quantitative estimate of drug-likeness (QED) is 0.169. The summed E-state index contributed by atoms with van der Waals surface area (Å²) in [6, 6.07) is 72.7. The molecule has 0 saturated carbocycles. The van der Waals surface area contributed by atoms with Crippen molar-refractivity contribution in [2.75, 3.05) is 4.90 Å². The van der Waals surface area contributed by atoms with Crippen LogP contribution in [0.25, 0.3) is 77.2 Å². The molecule has 9 aromatic carbocycles. The number of para-hydroxylation sites is 1. The summed E-state index contributed by atoms with van der Waals surface area (Å²) < 4.78 is 6.13. The zero-order valence-electron chi connectivity index (χ0n) is 31.9. The highest BCUT2D eigenvalue weighted by Gasteiger charge is 2.37. The average molecular weight is 730 g/mol. The Balaban J connectivity index is 1.02. The molecule has 0 bridgehead atoms. The minimum Gasteiger partial charge on any atom is -0.456 e. The Kier molecular flexibility index (Phi) is 7.55. The van der Waals surface area contributed by atoms with Crippen molar-refractivity contribution in [1.82, 2.24) is 0 Å². The molecule has 2 nitrogen and oxygen atoms in total. The van der Waals surface area contributed by atoms with Gasteiger partial charge in [0.25, 0.3) is 0 Å². The van der Waals surface area contributed by atoms with Gasteiger partial charge in [-0.05, 0) is 121 Å². The lowest BCUT2D eigenvalue weighted by Gasteiger charge is -2.27. The molecule has 0 N–H and O–H groups in total. The molecule has 1 aliphatic rings. The zero-order valence-corrected chi connectivity index (χ0v) is 31.9. The second kappa shape index (κ2) is 13.0. The molecule has 0 aliphatic heterocycles. The van der Waals surface area contributed by atoms with Crippen molar-refractivity contribution >= 4 is 49.8 Å². The van der Waals surface area contributed by atoms with Crippen LogP contribution in [0.5, 0.6) is 0 Å². The van der Waals surface area contributed by atoms with Crippen molar-refractivity contribution in [3.63, 3.8) is 0 Å². The molecule has 1 aromatic heterocycles. The third-order valence-corrected chi connectivity index (χ3v) is 12.1. The summed E-state index contributed by atoms with van der Waals surface area (Å²) in [5.41, 5.74) is 17.7. The second-order valence-electron chi connectivity index (χ2n) is 15.7. The minimum atomic E-state index is -0.0910. The highest BCUT2D eigenvalue weighted by atomic mass is 16.3. The van der Waals surface area contributed by atoms with Crippen LogP contribution in [0, 0.1) is 0 Å². The van der Waals surface area contributed by atoms with Crippen LogP contribution < -0.4 is 4.90 Å². The van der Waals surface area contributed by atoms with Gasteiger partial charge >= 0.3 is 0 Å². The number of benzene rings is 9. The number of hydrogen-bond donors (Lipinski definition) is 0. The van der Waals surface area contributed by atoms with E-state index >= 15 is 0 Å². The van der Waals surface area contributed by atoms with E-state index < -0.39 is 0 Å². The molecule has 57 heavy (non-hydrogen) atoms. The predicted molar refractivity (Wildman–Crippen MR) is 240 cm³/mol. The molecule has 2 heteroatoms. The average Bonchev–Trinajstić information content (AvgIpc) is 3.75. The fourth-order valence-electron chi connectivity index (χ4n) is 9.32. The highest BCUT2D eigenvalue weighted by Crippen LogP contribution is 2.52. The van der Waals surface area contributed by atoms with E-state index in [2.05, 4.69) is 207 Å². The van der Waals surface area contributed by atoms with Gasteiger partial charge in [-0.25, -0.2) is 0 Å². The molecule has 1 heterocycles. The maximum Gasteiger partial charge on any atom is 0.135 e. The summed E-state index contributed by atoms with van der Waals surface area (Å²) in [5, 5.41) is 4.76. The normalized spacial score (nSPS) is 12.9. The van der Waals surface area contributed by atoms with Crippen molar-refractivity contribution in [2.45, 2.75) is 19.3 Å². The van der Waals surface area contributed by atoms with Crippen molar-refractivity contribution in [2.24, 2.45) is 0 Å². The van der Waals surface area contributed by atoms with E-state index in [1.807, 2.05) is 12.1 Å². The van der Waals surface area contributed by atoms with Crippen molar-refractivity contribution < 1.29 is 4.42 Å². The van der Waals surface area contributed by atoms with E-state index in [0.29, 0.717) is 0 Å². The van der Waals surface area contributed by atoms with Gasteiger partial charge in [0, 0.05) is 33.2 Å². The topological polar surface area (TPSA) is 16.4 Å². The van der Waals surface area contributed by atoms with Crippen LogP contribution in [-0.4, -0.2) is 0 Å². The minimum absolute atomic E-state index is 0.0910. The monoisotopic (exact) mass is 729 g/mol. The van der Waals surface area contributed by atoms with E-state index in [0.717, 1.165) is 50.1 Å². The second-order valence-corrected chi connectivity index (χ2v) is 15.7. The first kappa shape index (κ1) is 33.2. The molecule has 11 rings (SSSR count). The maximum absolute atomic E-state index is 6.13. The van der Waals surface area contributed by atoms with Crippen LogP contribution in [-0.2, 0) is 5.41 Å². The molecule has 0 spiro atoms. The number of anilines is 3. The van der Waals surface area contributed by atoms with Crippen LogP contribution >= 0.6 is 0 Å². The molecule has 10 aromatic rings. The SMILES string of the molecule is CC1(C)c2ccccc2-c2cccc(-c3ccc(N(c4ccc(-c5ccc6oc7ccccc7c6c5)cc4)c4cccc(-c5cccc6ccccc56)c4)cc3)c21. The summed E-state index contributed by atoms with van der Waals surface area (Å²) in [6.07, 6.45) is 0. The lowest BCUT2D eigenvalue weighted by atomic mass is 9.79. The molecule has 0 saturated heterocycles. The first-order valence-electron chi connectivity index (χ1n) is 19.8. The summed E-state index contributed by atoms with van der Waals surface area (Å²) in [5.74, 6) is 0. The van der Waals surface area contributed by atoms with E-state index in [4.69, 9.17) is 4.42 Å². The van der Waals surface area contributed by atoms with E-state index in [9.17, 15) is 0 Å². The molecular formula is C55H39NO. The summed E-state index contributed by atoms with van der Waals surface area (Å²) in [4.78, 5) is 2.38. The van der Waals surface area contributed by atoms with E-state index in [1.54, 1.807) is 0 Å². The fraction of sp³-hybridized carbons (Fsp3) is 0.0545. The van der Waals surface area contributed by atoms with Crippen LogP contribution in [0.15, 0.2) is 205 Å². The van der Waals surface area contributed by atoms with Gasteiger partial charge in [0.05, 0.1) is 0 Å². The third-order valence-electron chi connectivity index (χ3n) is 12.1. The Morgan fingerprint density at radius 1 is 0.368 bits per heavy atom. The molecule has 0 fully saturated rings. The number of hydrogen-bond acceptors (Lipinski definition) is 2. The Hall–Kier alpha value is -7.16. The Labute approximate surface area is 332 Å². The molecule has 0 unspecified atom stereocenters. The van der Waals surface area contributed by atoms with Gasteiger partial charge in [-0.3, -0.25) is 0 Å². The van der Waals surface area contributed by atoms with E-state index in [1.165, 1.54) is 55.3 Å². The van der Waals surface area contributed by atoms with Gasteiger partial charge in [0.2, 0.25) is 0 Å². The van der Waals surface area contributed by atoms with Crippen LogP contribution in [0.4, 0.5) is 17.1 Å². The summed E-state index contributed by atoms with van der Waals surface area (Å²) >= 11 is 0. The Morgan fingerprint density at radius 3 is 1.81 bits per heavy atom. The lowest BCUT2D eigenvalue weighted by molar-refractivity contribution is 0.662. The van der Waals surface area contributed by atoms with Gasteiger partial charge in [0.1, 0.15) is 11.2 Å². The Bertz CT molecular complexity index is 3140. The van der Waals surface area contributed by atoms with Crippen molar-refractivity contribution in [3.8, 4) is 44.5 Å². The van der Waals surface area contributed by atoms with Crippen LogP contribution in [0.3, 0.4) is 0 Å². The first-order valence-corrected chi connectivity index (χ1v) is 19.8. The molecule has 0 atom stereocenters. The zero-order chi connectivity index (χ0) is 38.1. The van der Waals surface area contributed by atoms with Gasteiger partial charge in [-0.2, -0.15) is 0 Å². The van der Waals surface area contributed by atoms with Gasteiger partial charge in [-0.1, -0.05) is 159 Å². The van der Waals surface area contributed by atoms with Crippen molar-refractivity contribution in [3.05, 3.63) is 211 Å². The van der Waals surface area contributed by atoms with Gasteiger partial charge < -0.3 is 9.32 Å². The number of furan rings is 1. The molecule has 0 amide bonds. The molecular weight excluding hydrogens is 691 g/mol. The maximum atomic E-state index is 6.13. The lowest BCUT2D eigenvalue weighted by Crippen LogP contribution is -2.16. The van der Waals surface area contributed by atoms with E-state index in [-0.39, 0.29) is 5.41 Å². The van der Waals surface area contributed by atoms with Gasteiger partial charge in [0.15, 0.2) is 0 Å². The number of nitrogens with zero attached hydrogens (tertiary/aromatic N) is 1. The fourth-order valence-corrected chi connectivity index (χ4v) is 9.32. The molecule has 1 aliphatic carbocycles. The first-order chi connectivity index (χ1) is 28.0. The smallest absolute Gasteiger partial charge is 0.135 e. The van der Waals surface area contributed by atoms with Crippen LogP contribution in [0.2, 0.25) is 0 Å². The Morgan fingerprint density at radius 2 is 0.965 bits per heavy atom. The molecule has 270 valence electrons.